The molecule has 0 aliphatic rings. The van der Waals surface area contributed by atoms with Gasteiger partial charge in [-0.2, -0.15) is 0 Å². The van der Waals surface area contributed by atoms with Gasteiger partial charge in [-0.15, -0.1) is 0 Å². The van der Waals surface area contributed by atoms with E-state index in [2.05, 4.69) is 8.85 Å². The number of amides is 2. The van der Waals surface area contributed by atoms with Crippen LogP contribution in [0.4, 0.5) is 0 Å². The molecular formula is C3H5IN2O2. The molecule has 0 saturated heterocycles. The van der Waals surface area contributed by atoms with Crippen LogP contribution in [0.3, 0.4) is 0 Å². The molecule has 0 aromatic carbocycles. The molecule has 0 aromatic rings. The van der Waals surface area contributed by atoms with Crippen LogP contribution in [-0.2, 0) is 9.59 Å². The van der Waals surface area contributed by atoms with E-state index in [-0.39, 0.29) is 0 Å². The molecule has 0 spiro atoms. The number of hydrogen-bond acceptors (Lipinski definition) is 2. The molecule has 2 amide bonds. The van der Waals surface area contributed by atoms with Crippen LogP contribution in [0, 0.1) is 0 Å². The predicted molar refractivity (Wildman–Crippen MR) is 36.2 cm³/mol. The third-order valence-electron chi connectivity index (χ3n) is 0.519. The summed E-state index contributed by atoms with van der Waals surface area (Å²) < 4.78 is 2.13. The number of likely N-dealkylation sites (N-methyl/N-ethyl adjacent to an activating group) is 1. The molecule has 0 bridgehead atoms. The summed E-state index contributed by atoms with van der Waals surface area (Å²) in [6.45, 7) is 0. The van der Waals surface area contributed by atoms with E-state index in [1.54, 1.807) is 22.9 Å². The van der Waals surface area contributed by atoms with Crippen LogP contribution < -0.4 is 8.85 Å². The number of carbonyl (C=O) groups excluding carboxylic acids is 2. The minimum atomic E-state index is -0.631. The van der Waals surface area contributed by atoms with Gasteiger partial charge in [0.1, 0.15) is 0 Å². The Morgan fingerprint density at radius 1 is 1.38 bits per heavy atom. The van der Waals surface area contributed by atoms with Crippen molar-refractivity contribution in [3.05, 3.63) is 0 Å². The fourth-order valence-corrected chi connectivity index (χ4v) is 0.401. The zero-order chi connectivity index (χ0) is 6.57. The summed E-state index contributed by atoms with van der Waals surface area (Å²) in [5.74, 6) is -1.26. The Kier molecular flexibility index (Phi) is 3.49. The first-order valence-corrected chi connectivity index (χ1v) is 2.93. The zero-order valence-corrected chi connectivity index (χ0v) is 6.35. The van der Waals surface area contributed by atoms with Gasteiger partial charge in [-0.1, -0.05) is 0 Å². The number of nitrogens with one attached hydrogen (secondary N) is 2. The van der Waals surface area contributed by atoms with Crippen LogP contribution in [-0.4, -0.2) is 18.9 Å². The number of hydrogen-bond donors (Lipinski definition) is 2. The van der Waals surface area contributed by atoms with Crippen LogP contribution in [0.25, 0.3) is 0 Å². The van der Waals surface area contributed by atoms with Gasteiger partial charge in [0.2, 0.25) is 0 Å². The van der Waals surface area contributed by atoms with Crippen molar-refractivity contribution in [2.24, 2.45) is 0 Å². The summed E-state index contributed by atoms with van der Waals surface area (Å²) in [5, 5.41) is 2.16. The van der Waals surface area contributed by atoms with Crippen molar-refractivity contribution in [2.45, 2.75) is 0 Å². The van der Waals surface area contributed by atoms with Crippen molar-refractivity contribution in [3.63, 3.8) is 0 Å². The van der Waals surface area contributed by atoms with Gasteiger partial charge < -0.3 is 5.32 Å². The normalized spacial score (nSPS) is 7.75. The van der Waals surface area contributed by atoms with Crippen molar-refractivity contribution in [1.29, 1.82) is 0 Å². The van der Waals surface area contributed by atoms with E-state index in [0.29, 0.717) is 0 Å². The lowest BCUT2D eigenvalue weighted by Crippen LogP contribution is -2.33. The molecule has 0 radical (unpaired) electrons. The Hall–Kier alpha value is -0.330. The molecule has 0 heterocycles. The fraction of sp³-hybridized carbons (Fsp3) is 0.333. The van der Waals surface area contributed by atoms with E-state index in [4.69, 9.17) is 0 Å². The first kappa shape index (κ1) is 7.67. The van der Waals surface area contributed by atoms with E-state index < -0.39 is 11.8 Å². The van der Waals surface area contributed by atoms with Crippen LogP contribution in [0.1, 0.15) is 0 Å². The number of rotatable bonds is 0. The molecule has 2 N–H and O–H groups in total. The number of halogens is 1. The molecule has 8 heavy (non-hydrogen) atoms. The van der Waals surface area contributed by atoms with Crippen LogP contribution >= 0.6 is 22.9 Å². The van der Waals surface area contributed by atoms with Gasteiger partial charge in [0, 0.05) is 7.05 Å². The van der Waals surface area contributed by atoms with E-state index in [9.17, 15) is 9.59 Å². The standard InChI is InChI=1S/C3H5IN2O2/c1-5-2(7)3(8)6-4/h1H3,(H,5,7)(H,6,8). The summed E-state index contributed by atoms with van der Waals surface area (Å²) in [6, 6.07) is 0. The second-order valence-corrected chi connectivity index (χ2v) is 1.54. The predicted octanol–water partition coefficient (Wildman–Crippen LogP) is -0.801. The molecule has 0 unspecified atom stereocenters. The Morgan fingerprint density at radius 2 is 1.88 bits per heavy atom. The molecule has 0 aliphatic heterocycles. The van der Waals surface area contributed by atoms with Gasteiger partial charge in [-0.05, 0) is 0 Å². The molecule has 0 fully saturated rings. The zero-order valence-electron chi connectivity index (χ0n) is 4.19. The van der Waals surface area contributed by atoms with Crippen molar-refractivity contribution in [2.75, 3.05) is 7.05 Å². The Bertz CT molecular complexity index is 99.9. The first-order valence-electron chi connectivity index (χ1n) is 1.85. The molecule has 0 saturated carbocycles. The topological polar surface area (TPSA) is 58.2 Å². The Morgan fingerprint density at radius 3 is 2.00 bits per heavy atom. The SMILES string of the molecule is CNC(=O)C(=O)NI. The molecule has 0 rings (SSSR count). The highest BCUT2D eigenvalue weighted by Crippen LogP contribution is 1.70. The summed E-state index contributed by atoms with van der Waals surface area (Å²) >= 11 is 1.59. The highest BCUT2D eigenvalue weighted by atomic mass is 127. The van der Waals surface area contributed by atoms with Gasteiger partial charge in [-0.3, -0.25) is 13.1 Å². The lowest BCUT2D eigenvalue weighted by atomic mass is 10.6. The minimum Gasteiger partial charge on any atom is -0.351 e. The third kappa shape index (κ3) is 2.10. The van der Waals surface area contributed by atoms with Gasteiger partial charge in [-0.25, -0.2) is 0 Å². The Labute approximate surface area is 60.5 Å². The fourth-order valence-electron chi connectivity index (χ4n) is 0.156. The molecule has 46 valence electrons. The van der Waals surface area contributed by atoms with Crippen molar-refractivity contribution in [3.8, 4) is 0 Å². The van der Waals surface area contributed by atoms with Gasteiger partial charge in [0.25, 0.3) is 0 Å². The second-order valence-electron chi connectivity index (χ2n) is 1.00. The lowest BCUT2D eigenvalue weighted by molar-refractivity contribution is -0.137. The van der Waals surface area contributed by atoms with Crippen LogP contribution in [0.2, 0.25) is 0 Å². The largest absolute Gasteiger partial charge is 0.351 e. The lowest BCUT2D eigenvalue weighted by Gasteiger charge is -1.91. The van der Waals surface area contributed by atoms with Crippen molar-refractivity contribution in [1.82, 2.24) is 8.85 Å². The molecular weight excluding hydrogens is 223 g/mol. The smallest absolute Gasteiger partial charge is 0.317 e. The van der Waals surface area contributed by atoms with Crippen molar-refractivity contribution >= 4 is 34.7 Å². The molecule has 0 aromatic heterocycles. The van der Waals surface area contributed by atoms with E-state index >= 15 is 0 Å². The van der Waals surface area contributed by atoms with E-state index in [0.717, 1.165) is 0 Å². The first-order chi connectivity index (χ1) is 3.72. The maximum absolute atomic E-state index is 10.2. The summed E-state index contributed by atoms with van der Waals surface area (Å²) in [5.41, 5.74) is 0. The van der Waals surface area contributed by atoms with E-state index in [1.165, 1.54) is 7.05 Å². The maximum Gasteiger partial charge on any atom is 0.317 e. The third-order valence-corrected chi connectivity index (χ3v) is 1.01. The van der Waals surface area contributed by atoms with Crippen LogP contribution in [0.5, 0.6) is 0 Å². The molecule has 0 atom stereocenters. The maximum atomic E-state index is 10.2. The summed E-state index contributed by atoms with van der Waals surface area (Å²) in [6.07, 6.45) is 0. The van der Waals surface area contributed by atoms with E-state index in [1.807, 2.05) is 0 Å². The molecule has 0 aliphatic carbocycles. The summed E-state index contributed by atoms with van der Waals surface area (Å²) in [7, 11) is 1.40. The van der Waals surface area contributed by atoms with Crippen LogP contribution in [0.15, 0.2) is 0 Å². The van der Waals surface area contributed by atoms with Gasteiger partial charge >= 0.3 is 11.8 Å². The average molecular weight is 228 g/mol. The monoisotopic (exact) mass is 228 g/mol. The quantitative estimate of drug-likeness (QED) is 0.324. The second kappa shape index (κ2) is 3.65. The number of carbonyl (C=O) groups is 2. The molecule has 4 nitrogen and oxygen atoms in total. The minimum absolute atomic E-state index is 0.626. The highest BCUT2D eigenvalue weighted by molar-refractivity contribution is 14.1. The Balaban J connectivity index is 3.64. The average Bonchev–Trinajstić information content (AvgIpc) is 1.84. The molecule has 5 heteroatoms. The summed E-state index contributed by atoms with van der Waals surface area (Å²) in [4.78, 5) is 20.4. The van der Waals surface area contributed by atoms with Crippen molar-refractivity contribution < 1.29 is 9.59 Å². The van der Waals surface area contributed by atoms with Gasteiger partial charge in [0.15, 0.2) is 0 Å². The van der Waals surface area contributed by atoms with Gasteiger partial charge in [0.05, 0.1) is 22.9 Å². The highest BCUT2D eigenvalue weighted by Gasteiger charge is 2.06.